The highest BCUT2D eigenvalue weighted by Crippen LogP contribution is 2.13. The van der Waals surface area contributed by atoms with Gasteiger partial charge in [-0.1, -0.05) is 0 Å². The molecule has 0 aliphatic rings. The van der Waals surface area contributed by atoms with Gasteiger partial charge in [0.15, 0.2) is 0 Å². The predicted octanol–water partition coefficient (Wildman–Crippen LogP) is 1.49. The van der Waals surface area contributed by atoms with E-state index in [9.17, 15) is 22.8 Å². The Morgan fingerprint density at radius 3 is 2.63 bits per heavy atom. The van der Waals surface area contributed by atoms with E-state index in [0.29, 0.717) is 10.9 Å². The molecular formula is C11H6F3NO4. The molecule has 19 heavy (non-hydrogen) atoms. The number of aromatic carboxylic acids is 1. The molecule has 8 heteroatoms. The molecule has 0 bridgehead atoms. The second kappa shape index (κ2) is 4.63. The first kappa shape index (κ1) is 12.9. The largest absolute Gasteiger partial charge is 0.477 e. The summed E-state index contributed by atoms with van der Waals surface area (Å²) in [5.41, 5.74) is -1.92. The summed E-state index contributed by atoms with van der Waals surface area (Å²) in [6, 6.07) is 2.74. The van der Waals surface area contributed by atoms with Gasteiger partial charge in [-0.25, -0.2) is 9.18 Å². The number of fused-ring (bicyclic) bond motifs is 1. The number of carboxylic acids is 1. The molecule has 1 N–H and O–H groups in total. The number of aromatic nitrogens is 1. The van der Waals surface area contributed by atoms with Crippen molar-refractivity contribution < 1.29 is 27.9 Å². The number of hydrogen-bond donors (Lipinski definition) is 1. The van der Waals surface area contributed by atoms with Gasteiger partial charge < -0.3 is 9.94 Å². The van der Waals surface area contributed by atoms with Crippen molar-refractivity contribution in [2.24, 2.45) is 0 Å². The molecule has 0 aliphatic carbocycles. The number of pyridine rings is 1. The zero-order valence-corrected chi connectivity index (χ0v) is 9.14. The van der Waals surface area contributed by atoms with Crippen LogP contribution in [0.3, 0.4) is 0 Å². The lowest BCUT2D eigenvalue weighted by atomic mass is 10.1. The second-order valence-electron chi connectivity index (χ2n) is 3.53. The first-order chi connectivity index (χ1) is 8.90. The molecule has 2 aromatic rings. The van der Waals surface area contributed by atoms with E-state index in [2.05, 4.69) is 4.84 Å². The van der Waals surface area contributed by atoms with Crippen LogP contribution in [0.15, 0.2) is 29.2 Å². The van der Waals surface area contributed by atoms with Crippen LogP contribution in [0, 0.1) is 5.82 Å². The summed E-state index contributed by atoms with van der Waals surface area (Å²) < 4.78 is 37.9. The molecule has 1 aromatic carbocycles. The van der Waals surface area contributed by atoms with Gasteiger partial charge in [-0.05, 0) is 18.2 Å². The Labute approximate surface area is 103 Å². The lowest BCUT2D eigenvalue weighted by Gasteiger charge is -2.12. The van der Waals surface area contributed by atoms with Crippen LogP contribution in [-0.2, 0) is 0 Å². The molecule has 0 amide bonds. The first-order valence-corrected chi connectivity index (χ1v) is 4.93. The van der Waals surface area contributed by atoms with Crippen LogP contribution in [0.1, 0.15) is 10.4 Å². The smallest absolute Gasteiger partial charge is 0.405 e. The SMILES string of the molecule is O=C(O)c1cn(OC(F)F)c2ccc(F)cc2c1=O. The molecule has 1 heterocycles. The Morgan fingerprint density at radius 2 is 2.05 bits per heavy atom. The van der Waals surface area contributed by atoms with Crippen molar-refractivity contribution in [1.82, 2.24) is 4.73 Å². The predicted molar refractivity (Wildman–Crippen MR) is 57.7 cm³/mol. The topological polar surface area (TPSA) is 68.5 Å². The molecule has 0 atom stereocenters. The lowest BCUT2D eigenvalue weighted by molar-refractivity contribution is -0.129. The quantitative estimate of drug-likeness (QED) is 0.919. The summed E-state index contributed by atoms with van der Waals surface area (Å²) in [5, 5.41) is 8.44. The maximum atomic E-state index is 13.1. The molecule has 5 nitrogen and oxygen atoms in total. The summed E-state index contributed by atoms with van der Waals surface area (Å²) >= 11 is 0. The van der Waals surface area contributed by atoms with Gasteiger partial charge >= 0.3 is 12.6 Å². The molecule has 0 fully saturated rings. The number of nitrogens with zero attached hydrogens (tertiary/aromatic N) is 1. The summed E-state index contributed by atoms with van der Waals surface area (Å²) in [6.45, 7) is -3.22. The number of halogens is 3. The molecule has 0 radical (unpaired) electrons. The van der Waals surface area contributed by atoms with E-state index in [1.165, 1.54) is 0 Å². The molecule has 100 valence electrons. The third-order valence-corrected chi connectivity index (χ3v) is 2.36. The number of alkyl halides is 2. The standard InChI is InChI=1S/C11H6F3NO4/c12-5-1-2-8-6(3-5)9(16)7(10(17)18)4-15(8)19-11(13)14/h1-4,11H,(H,17,18). The van der Waals surface area contributed by atoms with Crippen molar-refractivity contribution in [3.8, 4) is 0 Å². The van der Waals surface area contributed by atoms with E-state index in [1.807, 2.05) is 0 Å². The number of benzene rings is 1. The van der Waals surface area contributed by atoms with Crippen LogP contribution in [-0.4, -0.2) is 22.4 Å². The summed E-state index contributed by atoms with van der Waals surface area (Å²) in [6.07, 6.45) is 0.622. The number of carboxylic acid groups (broad SMARTS) is 1. The minimum absolute atomic E-state index is 0.156. The summed E-state index contributed by atoms with van der Waals surface area (Å²) in [7, 11) is 0. The fourth-order valence-electron chi connectivity index (χ4n) is 1.60. The van der Waals surface area contributed by atoms with Crippen LogP contribution >= 0.6 is 0 Å². The van der Waals surface area contributed by atoms with E-state index in [4.69, 9.17) is 5.11 Å². The monoisotopic (exact) mass is 273 g/mol. The van der Waals surface area contributed by atoms with Gasteiger partial charge in [0.05, 0.1) is 17.1 Å². The van der Waals surface area contributed by atoms with E-state index in [1.54, 1.807) is 0 Å². The van der Waals surface area contributed by atoms with Crippen LogP contribution in [0.5, 0.6) is 0 Å². The van der Waals surface area contributed by atoms with Crippen molar-refractivity contribution in [3.05, 3.63) is 46.0 Å². The highest BCUT2D eigenvalue weighted by molar-refractivity contribution is 5.92. The van der Waals surface area contributed by atoms with E-state index in [-0.39, 0.29) is 10.9 Å². The zero-order valence-electron chi connectivity index (χ0n) is 9.14. The number of hydrogen-bond acceptors (Lipinski definition) is 3. The van der Waals surface area contributed by atoms with Gasteiger partial charge in [0, 0.05) is 0 Å². The Hall–Kier alpha value is -2.51. The average Bonchev–Trinajstić information content (AvgIpc) is 2.31. The maximum absolute atomic E-state index is 13.1. The molecule has 1 aromatic heterocycles. The zero-order chi connectivity index (χ0) is 14.2. The second-order valence-corrected chi connectivity index (χ2v) is 3.53. The third-order valence-electron chi connectivity index (χ3n) is 2.36. The van der Waals surface area contributed by atoms with Crippen molar-refractivity contribution in [2.45, 2.75) is 6.61 Å². The molecule has 0 spiro atoms. The highest BCUT2D eigenvalue weighted by Gasteiger charge is 2.17. The van der Waals surface area contributed by atoms with Crippen LogP contribution in [0.4, 0.5) is 13.2 Å². The number of carbonyl (C=O) groups is 1. The van der Waals surface area contributed by atoms with E-state index < -0.39 is 29.4 Å². The van der Waals surface area contributed by atoms with Gasteiger partial charge in [0.2, 0.25) is 5.43 Å². The van der Waals surface area contributed by atoms with Gasteiger partial charge in [-0.3, -0.25) is 4.79 Å². The van der Waals surface area contributed by atoms with Crippen molar-refractivity contribution >= 4 is 16.9 Å². The van der Waals surface area contributed by atoms with Gasteiger partial charge in [0.25, 0.3) is 0 Å². The van der Waals surface area contributed by atoms with Crippen molar-refractivity contribution in [1.29, 1.82) is 0 Å². The van der Waals surface area contributed by atoms with Crippen molar-refractivity contribution in [2.75, 3.05) is 0 Å². The van der Waals surface area contributed by atoms with Gasteiger partial charge in [0.1, 0.15) is 11.4 Å². The number of rotatable bonds is 3. The van der Waals surface area contributed by atoms with E-state index >= 15 is 0 Å². The average molecular weight is 273 g/mol. The molecular weight excluding hydrogens is 267 g/mol. The maximum Gasteiger partial charge on any atom is 0.405 e. The Bertz CT molecular complexity index is 711. The third kappa shape index (κ3) is 2.37. The van der Waals surface area contributed by atoms with Crippen LogP contribution in [0.2, 0.25) is 0 Å². The minimum Gasteiger partial charge on any atom is -0.477 e. The first-order valence-electron chi connectivity index (χ1n) is 4.93. The molecule has 0 aliphatic heterocycles. The fourth-order valence-corrected chi connectivity index (χ4v) is 1.60. The van der Waals surface area contributed by atoms with Gasteiger partial charge in [-0.2, -0.15) is 13.5 Å². The molecule has 0 unspecified atom stereocenters. The Kier molecular flexibility index (Phi) is 3.16. The highest BCUT2D eigenvalue weighted by atomic mass is 19.3. The van der Waals surface area contributed by atoms with Crippen LogP contribution < -0.4 is 10.3 Å². The summed E-state index contributed by atoms with van der Waals surface area (Å²) in [4.78, 5) is 26.7. The Morgan fingerprint density at radius 1 is 1.37 bits per heavy atom. The van der Waals surface area contributed by atoms with E-state index in [0.717, 1.165) is 18.2 Å². The lowest BCUT2D eigenvalue weighted by Crippen LogP contribution is -2.24. The van der Waals surface area contributed by atoms with Crippen LogP contribution in [0.25, 0.3) is 10.9 Å². The Balaban J connectivity index is 2.83. The molecule has 0 saturated heterocycles. The minimum atomic E-state index is -3.22. The fraction of sp³-hybridized carbons (Fsp3) is 0.0909. The molecule has 0 saturated carbocycles. The van der Waals surface area contributed by atoms with Crippen molar-refractivity contribution in [3.63, 3.8) is 0 Å². The summed E-state index contributed by atoms with van der Waals surface area (Å²) in [5.74, 6) is -2.42. The normalized spacial score (nSPS) is 10.9. The molecule has 2 rings (SSSR count). The van der Waals surface area contributed by atoms with Gasteiger partial charge in [-0.15, -0.1) is 0 Å².